The Bertz CT molecular complexity index is 303. The van der Waals surface area contributed by atoms with Gasteiger partial charge in [0.25, 0.3) is 0 Å². The van der Waals surface area contributed by atoms with Crippen molar-refractivity contribution in [3.63, 3.8) is 0 Å². The predicted molar refractivity (Wildman–Crippen MR) is 46.4 cm³/mol. The van der Waals surface area contributed by atoms with Gasteiger partial charge in [-0.25, -0.2) is 0 Å². The van der Waals surface area contributed by atoms with Crippen LogP contribution in [-0.4, -0.2) is 41.4 Å². The summed E-state index contributed by atoms with van der Waals surface area (Å²) in [6.45, 7) is -2.13. The molecule has 0 aromatic heterocycles. The van der Waals surface area contributed by atoms with Gasteiger partial charge in [0.05, 0.1) is 0 Å². The molecule has 6 nitrogen and oxygen atoms in total. The van der Waals surface area contributed by atoms with Gasteiger partial charge in [0.15, 0.2) is 5.96 Å². The first-order chi connectivity index (χ1) is 7.18. The Morgan fingerprint density at radius 1 is 1.69 bits per heavy atom. The van der Waals surface area contributed by atoms with Gasteiger partial charge in [-0.1, -0.05) is 6.92 Å². The van der Waals surface area contributed by atoms with Crippen LogP contribution >= 0.6 is 0 Å². The Hall–Kier alpha value is -1.59. The molecule has 0 spiro atoms. The molecule has 13 heavy (non-hydrogen) atoms. The molecule has 0 bridgehead atoms. The average molecular weight is 190 g/mol. The molecule has 0 saturated heterocycles. The second-order valence-corrected chi connectivity index (χ2v) is 2.23. The molecule has 1 amide bonds. The van der Waals surface area contributed by atoms with Crippen molar-refractivity contribution in [2.45, 2.75) is 13.3 Å². The molecule has 0 saturated carbocycles. The van der Waals surface area contributed by atoms with Gasteiger partial charge >= 0.3 is 5.97 Å². The van der Waals surface area contributed by atoms with Crippen molar-refractivity contribution >= 4 is 17.8 Å². The Morgan fingerprint density at radius 3 is 2.69 bits per heavy atom. The van der Waals surface area contributed by atoms with Crippen LogP contribution in [0.2, 0.25) is 0 Å². The SMILES string of the molecule is [2H]C([2H])([2H])N(CC(=O)O)C(=N)NC(=O)CC. The molecule has 0 aliphatic heterocycles. The number of carboxylic acids is 1. The number of carbonyl (C=O) groups is 2. The van der Waals surface area contributed by atoms with Crippen LogP contribution in [0.5, 0.6) is 0 Å². The highest BCUT2D eigenvalue weighted by Crippen LogP contribution is 1.83. The summed E-state index contributed by atoms with van der Waals surface area (Å²) in [6.07, 6.45) is 0.0737. The largest absolute Gasteiger partial charge is 0.480 e. The standard InChI is InChI=1S/C7H13N3O3/c1-3-5(11)9-7(8)10(2)4-6(12)13/h3-4H2,1-2H3,(H,12,13)(H2,8,9,11)/i2D3. The summed E-state index contributed by atoms with van der Waals surface area (Å²) in [6, 6.07) is 0. The van der Waals surface area contributed by atoms with Crippen LogP contribution in [0.3, 0.4) is 0 Å². The highest BCUT2D eigenvalue weighted by Gasteiger charge is 2.09. The molecule has 0 rings (SSSR count). The van der Waals surface area contributed by atoms with Crippen molar-refractivity contribution in [1.82, 2.24) is 10.2 Å². The minimum absolute atomic E-state index is 0.0737. The Morgan fingerprint density at radius 2 is 2.31 bits per heavy atom. The van der Waals surface area contributed by atoms with E-state index in [0.717, 1.165) is 0 Å². The zero-order chi connectivity index (χ0) is 12.9. The maximum absolute atomic E-state index is 10.9. The van der Waals surface area contributed by atoms with E-state index in [-0.39, 0.29) is 6.42 Å². The molecule has 3 N–H and O–H groups in total. The summed E-state index contributed by atoms with van der Waals surface area (Å²) in [7, 11) is 0. The highest BCUT2D eigenvalue weighted by atomic mass is 16.4. The van der Waals surface area contributed by atoms with Crippen molar-refractivity contribution in [3.8, 4) is 0 Å². The number of hydrogen-bond acceptors (Lipinski definition) is 3. The lowest BCUT2D eigenvalue weighted by molar-refractivity contribution is -0.137. The Kier molecular flexibility index (Phi) is 2.71. The molecule has 0 aliphatic carbocycles. The Balaban J connectivity index is 4.70. The van der Waals surface area contributed by atoms with E-state index in [1.54, 1.807) is 0 Å². The van der Waals surface area contributed by atoms with E-state index < -0.39 is 31.4 Å². The van der Waals surface area contributed by atoms with Crippen molar-refractivity contribution in [1.29, 1.82) is 5.41 Å². The van der Waals surface area contributed by atoms with Gasteiger partial charge in [-0.15, -0.1) is 0 Å². The Labute approximate surface area is 80.3 Å². The molecule has 0 unspecified atom stereocenters. The number of nitrogens with zero attached hydrogens (tertiary/aromatic N) is 1. The van der Waals surface area contributed by atoms with Gasteiger partial charge in [0.1, 0.15) is 6.54 Å². The van der Waals surface area contributed by atoms with E-state index in [1.165, 1.54) is 6.92 Å². The lowest BCUT2D eigenvalue weighted by Gasteiger charge is -2.17. The monoisotopic (exact) mass is 190 g/mol. The molecular weight excluding hydrogens is 174 g/mol. The number of guanidine groups is 1. The number of aliphatic carboxylic acids is 1. The van der Waals surface area contributed by atoms with Crippen molar-refractivity contribution in [3.05, 3.63) is 0 Å². The topological polar surface area (TPSA) is 93.5 Å². The number of hydrogen-bond donors (Lipinski definition) is 3. The lowest BCUT2D eigenvalue weighted by atomic mass is 10.4. The van der Waals surface area contributed by atoms with E-state index in [1.807, 2.05) is 5.32 Å². The average Bonchev–Trinajstić information content (AvgIpc) is 2.11. The molecule has 74 valence electrons. The molecule has 0 heterocycles. The summed E-state index contributed by atoms with van der Waals surface area (Å²) in [5, 5.41) is 17.8. The predicted octanol–water partition coefficient (Wildman–Crippen LogP) is -0.536. The van der Waals surface area contributed by atoms with Crippen LogP contribution in [0.4, 0.5) is 0 Å². The number of carboxylic acid groups (broad SMARTS) is 1. The number of likely N-dealkylation sites (N-methyl/N-ethyl adjacent to an activating group) is 1. The van der Waals surface area contributed by atoms with Crippen molar-refractivity contribution in [2.75, 3.05) is 13.5 Å². The van der Waals surface area contributed by atoms with Gasteiger partial charge in [-0.05, 0) is 0 Å². The van der Waals surface area contributed by atoms with Gasteiger partial charge in [-0.2, -0.15) is 0 Å². The third-order valence-electron chi connectivity index (χ3n) is 1.14. The maximum atomic E-state index is 10.9. The second-order valence-electron chi connectivity index (χ2n) is 2.23. The fraction of sp³-hybridized carbons (Fsp3) is 0.571. The van der Waals surface area contributed by atoms with Crippen LogP contribution in [0.15, 0.2) is 0 Å². The first kappa shape index (κ1) is 6.88. The van der Waals surface area contributed by atoms with Crippen LogP contribution in [0.1, 0.15) is 17.5 Å². The van der Waals surface area contributed by atoms with Gasteiger partial charge in [-0.3, -0.25) is 20.3 Å². The second kappa shape index (κ2) is 5.13. The van der Waals surface area contributed by atoms with Crippen LogP contribution in [0, 0.1) is 5.41 Å². The van der Waals surface area contributed by atoms with Crippen molar-refractivity contribution < 1.29 is 18.8 Å². The zero-order valence-corrected chi connectivity index (χ0v) is 7.13. The quantitative estimate of drug-likeness (QED) is 0.411. The fourth-order valence-electron chi connectivity index (χ4n) is 0.502. The third kappa shape index (κ3) is 4.78. The summed E-state index contributed by atoms with van der Waals surface area (Å²) in [5.74, 6) is -2.69. The van der Waals surface area contributed by atoms with E-state index in [2.05, 4.69) is 0 Å². The number of carbonyl (C=O) groups excluding carboxylic acids is 1. The van der Waals surface area contributed by atoms with Gasteiger partial charge in [0, 0.05) is 17.5 Å². The van der Waals surface area contributed by atoms with Crippen LogP contribution in [0.25, 0.3) is 0 Å². The number of rotatable bonds is 3. The molecule has 6 heteroatoms. The summed E-state index contributed by atoms with van der Waals surface area (Å²) < 4.78 is 21.1. The minimum Gasteiger partial charge on any atom is -0.480 e. The van der Waals surface area contributed by atoms with E-state index in [4.69, 9.17) is 14.6 Å². The third-order valence-corrected chi connectivity index (χ3v) is 1.14. The van der Waals surface area contributed by atoms with Gasteiger partial charge < -0.3 is 10.0 Å². The number of nitrogens with one attached hydrogen (secondary N) is 2. The molecule has 0 radical (unpaired) electrons. The molecule has 0 atom stereocenters. The first-order valence-electron chi connectivity index (χ1n) is 5.06. The summed E-state index contributed by atoms with van der Waals surface area (Å²) in [5.41, 5.74) is 0. The lowest BCUT2D eigenvalue weighted by Crippen LogP contribution is -2.43. The van der Waals surface area contributed by atoms with E-state index in [0.29, 0.717) is 4.90 Å². The molecule has 0 aliphatic rings. The highest BCUT2D eigenvalue weighted by molar-refractivity contribution is 5.96. The fourth-order valence-corrected chi connectivity index (χ4v) is 0.502. The van der Waals surface area contributed by atoms with Crippen molar-refractivity contribution in [2.24, 2.45) is 0 Å². The normalized spacial score (nSPS) is 13.5. The molecule has 0 aromatic carbocycles. The van der Waals surface area contributed by atoms with Crippen LogP contribution in [-0.2, 0) is 9.59 Å². The summed E-state index contributed by atoms with van der Waals surface area (Å²) >= 11 is 0. The van der Waals surface area contributed by atoms with Crippen LogP contribution < -0.4 is 5.32 Å². The van der Waals surface area contributed by atoms with E-state index >= 15 is 0 Å². The first-order valence-corrected chi connectivity index (χ1v) is 3.56. The maximum Gasteiger partial charge on any atom is 0.323 e. The summed E-state index contributed by atoms with van der Waals surface area (Å²) in [4.78, 5) is 21.7. The van der Waals surface area contributed by atoms with Gasteiger partial charge in [0.2, 0.25) is 5.91 Å². The van der Waals surface area contributed by atoms with E-state index in [9.17, 15) is 9.59 Å². The molecular formula is C7H13N3O3. The number of amides is 1. The molecule has 0 fully saturated rings. The molecule has 0 aromatic rings. The zero-order valence-electron chi connectivity index (χ0n) is 10.1. The smallest absolute Gasteiger partial charge is 0.323 e. The minimum atomic E-state index is -2.78.